The third-order valence-electron chi connectivity index (χ3n) is 7.18. The first-order chi connectivity index (χ1) is 19.3. The summed E-state index contributed by atoms with van der Waals surface area (Å²) in [7, 11) is 1.72. The predicted octanol–water partition coefficient (Wildman–Crippen LogP) is 8.89. The molecule has 0 N–H and O–H groups in total. The Kier molecular flexibility index (Phi) is 5.68. The third kappa shape index (κ3) is 3.96. The molecule has 7 rings (SSSR count). The van der Waals surface area contributed by atoms with E-state index in [9.17, 15) is 0 Å². The molecular formula is C36H25NO2. The molecule has 6 aromatic rings. The normalized spacial score (nSPS) is 12.3. The van der Waals surface area contributed by atoms with E-state index in [1.165, 1.54) is 0 Å². The second-order valence-electron chi connectivity index (χ2n) is 9.51. The summed E-state index contributed by atoms with van der Waals surface area (Å²) in [5.41, 5.74) is 8.18. The van der Waals surface area contributed by atoms with Crippen LogP contribution in [0.15, 0.2) is 133 Å². The van der Waals surface area contributed by atoms with Gasteiger partial charge in [-0.15, -0.1) is 0 Å². The standard InChI is InChI=1S/C36H25NO2/c1-38-28-22-29-31(24-14-6-2-7-15-24)34(26-18-10-4-11-19-26)37-36-33(29)30(23-28)32(25-16-8-3-9-17-25)35(39-36)27-20-12-5-13-21-27/h2-23H,1H3. The van der Waals surface area contributed by atoms with E-state index in [2.05, 4.69) is 84.9 Å². The highest BCUT2D eigenvalue weighted by atomic mass is 16.5. The maximum Gasteiger partial charge on any atom is 0.228 e. The van der Waals surface area contributed by atoms with E-state index in [0.717, 1.165) is 66.9 Å². The van der Waals surface area contributed by atoms with E-state index in [0.29, 0.717) is 5.88 Å². The van der Waals surface area contributed by atoms with Gasteiger partial charge >= 0.3 is 0 Å². The van der Waals surface area contributed by atoms with Crippen molar-refractivity contribution in [2.75, 3.05) is 7.11 Å². The molecule has 2 heterocycles. The van der Waals surface area contributed by atoms with Crippen LogP contribution < -0.4 is 9.47 Å². The summed E-state index contributed by atoms with van der Waals surface area (Å²) in [4.78, 5) is 5.24. The fraction of sp³-hybridized carbons (Fsp3) is 0.0278. The van der Waals surface area contributed by atoms with Gasteiger partial charge in [0.05, 0.1) is 18.2 Å². The van der Waals surface area contributed by atoms with Crippen LogP contribution in [-0.2, 0) is 0 Å². The Bertz CT molecular complexity index is 1830. The number of rotatable bonds is 5. The van der Waals surface area contributed by atoms with E-state index in [-0.39, 0.29) is 0 Å². The van der Waals surface area contributed by atoms with Crippen LogP contribution in [0, 0.1) is 0 Å². The monoisotopic (exact) mass is 503 g/mol. The topological polar surface area (TPSA) is 31.4 Å². The second-order valence-corrected chi connectivity index (χ2v) is 9.51. The molecule has 1 aromatic heterocycles. The molecular weight excluding hydrogens is 478 g/mol. The Morgan fingerprint density at radius 2 is 1.13 bits per heavy atom. The molecule has 0 bridgehead atoms. The minimum absolute atomic E-state index is 0.597. The Morgan fingerprint density at radius 1 is 0.590 bits per heavy atom. The van der Waals surface area contributed by atoms with Crippen LogP contribution in [0.4, 0.5) is 0 Å². The zero-order valence-corrected chi connectivity index (χ0v) is 21.5. The highest BCUT2D eigenvalue weighted by Crippen LogP contribution is 2.50. The molecule has 0 amide bonds. The van der Waals surface area contributed by atoms with Gasteiger partial charge in [0, 0.05) is 33.2 Å². The maximum absolute atomic E-state index is 6.81. The van der Waals surface area contributed by atoms with Gasteiger partial charge in [-0.25, -0.2) is 4.98 Å². The Morgan fingerprint density at radius 3 is 1.72 bits per heavy atom. The van der Waals surface area contributed by atoms with Crippen molar-refractivity contribution >= 4 is 22.1 Å². The fourth-order valence-corrected chi connectivity index (χ4v) is 5.43. The van der Waals surface area contributed by atoms with Crippen LogP contribution in [0.5, 0.6) is 11.6 Å². The molecule has 0 saturated carbocycles. The molecule has 0 fully saturated rings. The minimum atomic E-state index is 0.597. The highest BCUT2D eigenvalue weighted by Gasteiger charge is 2.30. The van der Waals surface area contributed by atoms with E-state index in [1.807, 2.05) is 48.5 Å². The average Bonchev–Trinajstić information content (AvgIpc) is 3.02. The number of methoxy groups -OCH3 is 1. The fourth-order valence-electron chi connectivity index (χ4n) is 5.43. The van der Waals surface area contributed by atoms with Crippen LogP contribution in [0.1, 0.15) is 16.7 Å². The summed E-state index contributed by atoms with van der Waals surface area (Å²) in [5.74, 6) is 2.16. The van der Waals surface area contributed by atoms with Crippen molar-refractivity contribution in [1.29, 1.82) is 0 Å². The molecule has 0 atom stereocenters. The largest absolute Gasteiger partial charge is 0.497 e. The van der Waals surface area contributed by atoms with Crippen molar-refractivity contribution < 1.29 is 9.47 Å². The van der Waals surface area contributed by atoms with Crippen molar-refractivity contribution in [1.82, 2.24) is 4.98 Å². The number of hydrogen-bond donors (Lipinski definition) is 0. The van der Waals surface area contributed by atoms with Gasteiger partial charge in [0.2, 0.25) is 5.88 Å². The highest BCUT2D eigenvalue weighted by molar-refractivity contribution is 6.15. The molecule has 0 aliphatic carbocycles. The summed E-state index contributed by atoms with van der Waals surface area (Å²) >= 11 is 0. The molecule has 0 spiro atoms. The lowest BCUT2D eigenvalue weighted by Gasteiger charge is -2.27. The SMILES string of the molecule is COc1cc2c3c(nc(-c4ccccc4)c(-c4ccccc4)c3c1)OC(c1ccccc1)=C2c1ccccc1. The summed E-state index contributed by atoms with van der Waals surface area (Å²) in [6, 6.07) is 45.6. The summed E-state index contributed by atoms with van der Waals surface area (Å²) in [6.45, 7) is 0. The molecule has 39 heavy (non-hydrogen) atoms. The van der Waals surface area contributed by atoms with Gasteiger partial charge in [-0.05, 0) is 23.3 Å². The van der Waals surface area contributed by atoms with Gasteiger partial charge in [0.25, 0.3) is 0 Å². The quantitative estimate of drug-likeness (QED) is 0.235. The molecule has 0 unspecified atom stereocenters. The summed E-state index contributed by atoms with van der Waals surface area (Å²) in [5, 5.41) is 2.02. The number of nitrogens with zero attached hydrogens (tertiary/aromatic N) is 1. The third-order valence-corrected chi connectivity index (χ3v) is 7.18. The van der Waals surface area contributed by atoms with E-state index >= 15 is 0 Å². The first-order valence-corrected chi connectivity index (χ1v) is 13.0. The number of aromatic nitrogens is 1. The Labute approximate surface area is 227 Å². The van der Waals surface area contributed by atoms with Crippen LogP contribution in [0.25, 0.3) is 44.5 Å². The molecule has 3 nitrogen and oxygen atoms in total. The zero-order valence-electron chi connectivity index (χ0n) is 21.5. The van der Waals surface area contributed by atoms with Crippen molar-refractivity contribution in [3.63, 3.8) is 0 Å². The molecule has 1 aliphatic heterocycles. The molecule has 1 aliphatic rings. The molecule has 0 radical (unpaired) electrons. The zero-order chi connectivity index (χ0) is 26.2. The Balaban J connectivity index is 1.64. The van der Waals surface area contributed by atoms with E-state index in [4.69, 9.17) is 14.5 Å². The van der Waals surface area contributed by atoms with Crippen LogP contribution in [0.3, 0.4) is 0 Å². The Hall–Kier alpha value is -5.15. The van der Waals surface area contributed by atoms with Gasteiger partial charge in [0.1, 0.15) is 11.5 Å². The second kappa shape index (κ2) is 9.62. The summed E-state index contributed by atoms with van der Waals surface area (Å²) in [6.07, 6.45) is 0. The first-order valence-electron chi connectivity index (χ1n) is 13.0. The van der Waals surface area contributed by atoms with Crippen molar-refractivity contribution in [3.05, 3.63) is 150 Å². The van der Waals surface area contributed by atoms with Gasteiger partial charge in [0.15, 0.2) is 0 Å². The van der Waals surface area contributed by atoms with Crippen molar-refractivity contribution in [3.8, 4) is 34.0 Å². The van der Waals surface area contributed by atoms with Gasteiger partial charge < -0.3 is 9.47 Å². The lowest BCUT2D eigenvalue weighted by atomic mass is 9.86. The average molecular weight is 504 g/mol. The predicted molar refractivity (Wildman–Crippen MR) is 159 cm³/mol. The van der Waals surface area contributed by atoms with E-state index < -0.39 is 0 Å². The molecule has 186 valence electrons. The van der Waals surface area contributed by atoms with Crippen molar-refractivity contribution in [2.45, 2.75) is 0 Å². The van der Waals surface area contributed by atoms with Crippen LogP contribution in [-0.4, -0.2) is 12.1 Å². The number of benzene rings is 5. The van der Waals surface area contributed by atoms with E-state index in [1.54, 1.807) is 7.11 Å². The van der Waals surface area contributed by atoms with Gasteiger partial charge in [-0.1, -0.05) is 121 Å². The summed E-state index contributed by atoms with van der Waals surface area (Å²) < 4.78 is 12.7. The maximum atomic E-state index is 6.81. The minimum Gasteiger partial charge on any atom is -0.497 e. The molecule has 0 saturated heterocycles. The number of hydrogen-bond acceptors (Lipinski definition) is 3. The first kappa shape index (κ1) is 23.0. The molecule has 5 aromatic carbocycles. The van der Waals surface area contributed by atoms with Gasteiger partial charge in [-0.2, -0.15) is 0 Å². The lowest BCUT2D eigenvalue weighted by Crippen LogP contribution is -2.10. The van der Waals surface area contributed by atoms with Crippen LogP contribution in [0.2, 0.25) is 0 Å². The van der Waals surface area contributed by atoms with Gasteiger partial charge in [-0.3, -0.25) is 0 Å². The lowest BCUT2D eigenvalue weighted by molar-refractivity contribution is 0.415. The van der Waals surface area contributed by atoms with Crippen LogP contribution >= 0.6 is 0 Å². The number of pyridine rings is 1. The number of ether oxygens (including phenoxy) is 2. The molecule has 3 heteroatoms. The van der Waals surface area contributed by atoms with Crippen molar-refractivity contribution in [2.24, 2.45) is 0 Å². The smallest absolute Gasteiger partial charge is 0.228 e.